The summed E-state index contributed by atoms with van der Waals surface area (Å²) in [6.45, 7) is 42.4. The van der Waals surface area contributed by atoms with E-state index in [2.05, 4.69) is 160 Å². The highest BCUT2D eigenvalue weighted by atomic mass is 28.4. The second-order valence-electron chi connectivity index (χ2n) is 19.5. The first-order valence-electron chi connectivity index (χ1n) is 18.8. The van der Waals surface area contributed by atoms with Crippen LogP contribution >= 0.6 is 0 Å². The molecule has 0 radical (unpaired) electrons. The molecule has 0 bridgehead atoms. The Morgan fingerprint density at radius 1 is 0.404 bits per heavy atom. The van der Waals surface area contributed by atoms with Crippen molar-refractivity contribution < 1.29 is 8.23 Å². The lowest BCUT2D eigenvalue weighted by Gasteiger charge is -2.37. The molecule has 0 spiro atoms. The summed E-state index contributed by atoms with van der Waals surface area (Å²) >= 11 is 0. The molecule has 0 aliphatic heterocycles. The van der Waals surface area contributed by atoms with Gasteiger partial charge >= 0.3 is 0 Å². The second kappa shape index (κ2) is 16.6. The molecular formula is C37H76O2Si8. The van der Waals surface area contributed by atoms with Gasteiger partial charge in [-0.3, -0.25) is 0 Å². The largest absolute Gasteiger partial charge is 0.456 e. The third kappa shape index (κ3) is 14.3. The van der Waals surface area contributed by atoms with Crippen LogP contribution in [0.25, 0.3) is 0 Å². The van der Waals surface area contributed by atoms with Crippen LogP contribution in [0.4, 0.5) is 0 Å². The van der Waals surface area contributed by atoms with Crippen LogP contribution in [0.3, 0.4) is 0 Å². The van der Waals surface area contributed by atoms with E-state index in [0.717, 1.165) is 0 Å². The highest BCUT2D eigenvalue weighted by molar-refractivity contribution is 6.94. The van der Waals surface area contributed by atoms with Gasteiger partial charge < -0.3 is 8.23 Å². The Morgan fingerprint density at radius 3 is 0.915 bits per heavy atom. The van der Waals surface area contributed by atoms with Crippen molar-refractivity contribution in [3.05, 3.63) is 48.5 Å². The normalized spacial score (nSPS) is 14.3. The van der Waals surface area contributed by atoms with E-state index in [1.807, 2.05) is 0 Å². The maximum absolute atomic E-state index is 7.23. The van der Waals surface area contributed by atoms with E-state index in [1.165, 1.54) is 48.7 Å². The summed E-state index contributed by atoms with van der Waals surface area (Å²) in [5.41, 5.74) is 0. The van der Waals surface area contributed by atoms with Crippen LogP contribution in [-0.4, -0.2) is 66.3 Å². The Labute approximate surface area is 302 Å². The number of rotatable bonds is 19. The van der Waals surface area contributed by atoms with E-state index in [1.54, 1.807) is 20.7 Å². The summed E-state index contributed by atoms with van der Waals surface area (Å²) in [6.07, 6.45) is 1.25. The molecule has 0 saturated carbocycles. The lowest BCUT2D eigenvalue weighted by atomic mass is 10.4. The zero-order valence-electron chi connectivity index (χ0n) is 34.2. The molecule has 2 rings (SSSR count). The Balaban J connectivity index is 1.98. The molecule has 0 unspecified atom stereocenters. The molecule has 2 aromatic rings. The predicted molar refractivity (Wildman–Crippen MR) is 239 cm³/mol. The maximum atomic E-state index is 7.23. The highest BCUT2D eigenvalue weighted by Gasteiger charge is 2.38. The average molecular weight is 778 g/mol. The summed E-state index contributed by atoms with van der Waals surface area (Å²) in [5.74, 6) is 0. The molecule has 0 amide bonds. The van der Waals surface area contributed by atoms with Gasteiger partial charge in [0.1, 0.15) is 0 Å². The van der Waals surface area contributed by atoms with Crippen LogP contribution in [0.5, 0.6) is 0 Å². The van der Waals surface area contributed by atoms with Gasteiger partial charge in [0, 0.05) is 0 Å². The maximum Gasteiger partial charge on any atom is 0.173 e. The minimum atomic E-state index is -1.75. The van der Waals surface area contributed by atoms with Crippen LogP contribution in [0, 0.1) is 0 Å². The van der Waals surface area contributed by atoms with Crippen molar-refractivity contribution in [1.29, 1.82) is 0 Å². The van der Waals surface area contributed by atoms with Gasteiger partial charge in [-0.25, -0.2) is 0 Å². The Kier molecular flexibility index (Phi) is 15.3. The summed E-state index contributed by atoms with van der Waals surface area (Å²) in [6, 6.07) is 29.0. The van der Waals surface area contributed by atoms with E-state index < -0.39 is 66.3 Å². The molecule has 47 heavy (non-hydrogen) atoms. The van der Waals surface area contributed by atoms with Crippen molar-refractivity contribution in [3.8, 4) is 0 Å². The van der Waals surface area contributed by atoms with Crippen molar-refractivity contribution in [3.63, 3.8) is 0 Å². The highest BCUT2D eigenvalue weighted by Crippen LogP contribution is 2.30. The minimum absolute atomic E-state index is 0.727. The van der Waals surface area contributed by atoms with Crippen molar-refractivity contribution in [2.75, 3.05) is 0 Å². The van der Waals surface area contributed by atoms with Gasteiger partial charge in [0.15, 0.2) is 33.3 Å². The molecule has 0 aliphatic rings. The van der Waals surface area contributed by atoms with Crippen LogP contribution in [0.15, 0.2) is 48.5 Å². The van der Waals surface area contributed by atoms with E-state index in [-0.39, 0.29) is 0 Å². The summed E-state index contributed by atoms with van der Waals surface area (Å²) in [4.78, 5) is 0. The molecule has 0 heterocycles. The molecular weight excluding hydrogens is 701 g/mol. The van der Waals surface area contributed by atoms with Gasteiger partial charge in [-0.1, -0.05) is 153 Å². The fourth-order valence-corrected chi connectivity index (χ4v) is 41.8. The second-order valence-corrected chi connectivity index (χ2v) is 54.7. The van der Waals surface area contributed by atoms with Gasteiger partial charge in [0.2, 0.25) is 0 Å². The van der Waals surface area contributed by atoms with E-state index in [9.17, 15) is 0 Å². The van der Waals surface area contributed by atoms with Crippen LogP contribution < -0.4 is 20.7 Å². The van der Waals surface area contributed by atoms with Crippen LogP contribution in [-0.2, 0) is 8.23 Å². The molecule has 2 nitrogen and oxygen atoms in total. The molecule has 0 aliphatic carbocycles. The SMILES string of the molecule is CCC[Si](C)(C)O[Si](C)(C)CC[Si](C)(C)c1ccc([Si](C)(C)CC[Si](C)(C)O[Si](C)(C)CC[Si](C)(C)c2ccc([SiH](C)C)cc2)cc1. The first-order valence-corrected chi connectivity index (χ1v) is 43.8. The molecule has 268 valence electrons. The molecule has 0 aromatic heterocycles. The summed E-state index contributed by atoms with van der Waals surface area (Å²) < 4.78 is 14.1. The fraction of sp³-hybridized carbons (Fsp3) is 0.676. The van der Waals surface area contributed by atoms with E-state index in [4.69, 9.17) is 8.23 Å². The molecule has 0 fully saturated rings. The lowest BCUT2D eigenvalue weighted by molar-refractivity contribution is 0.537. The summed E-state index contributed by atoms with van der Waals surface area (Å²) in [7, 11) is -11.9. The third-order valence-corrected chi connectivity index (χ3v) is 39.1. The van der Waals surface area contributed by atoms with Crippen molar-refractivity contribution >= 4 is 87.0 Å². The molecule has 2 aromatic carbocycles. The first-order chi connectivity index (χ1) is 21.2. The lowest BCUT2D eigenvalue weighted by Crippen LogP contribution is -2.50. The topological polar surface area (TPSA) is 18.5 Å². The quantitative estimate of drug-likeness (QED) is 0.132. The van der Waals surface area contributed by atoms with Gasteiger partial charge in [-0.2, -0.15) is 0 Å². The Morgan fingerprint density at radius 2 is 0.660 bits per heavy atom. The zero-order chi connectivity index (χ0) is 36.1. The van der Waals surface area contributed by atoms with Crippen LogP contribution in [0.1, 0.15) is 13.3 Å². The van der Waals surface area contributed by atoms with Crippen molar-refractivity contribution in [2.45, 2.75) is 160 Å². The molecule has 0 saturated heterocycles. The predicted octanol–water partition coefficient (Wildman–Crippen LogP) is 10.1. The fourth-order valence-electron chi connectivity index (χ4n) is 7.27. The minimum Gasteiger partial charge on any atom is -0.456 e. The smallest absolute Gasteiger partial charge is 0.173 e. The molecule has 10 heteroatoms. The number of hydrogen-bond acceptors (Lipinski definition) is 2. The monoisotopic (exact) mass is 776 g/mol. The number of hydrogen-bond donors (Lipinski definition) is 0. The average Bonchev–Trinajstić information content (AvgIpc) is 2.93. The number of benzene rings is 2. The van der Waals surface area contributed by atoms with Gasteiger partial charge in [-0.05, 0) is 76.6 Å². The van der Waals surface area contributed by atoms with Crippen LogP contribution in [0.2, 0.25) is 147 Å². The molecule has 0 atom stereocenters. The Bertz CT molecular complexity index is 1250. The van der Waals surface area contributed by atoms with Gasteiger partial charge in [-0.15, -0.1) is 0 Å². The first kappa shape index (κ1) is 43.3. The van der Waals surface area contributed by atoms with E-state index >= 15 is 0 Å². The third-order valence-electron chi connectivity index (χ3n) is 10.8. The van der Waals surface area contributed by atoms with Gasteiger partial charge in [0.05, 0.1) is 33.0 Å². The molecule has 0 N–H and O–H groups in total. The van der Waals surface area contributed by atoms with E-state index in [0.29, 0.717) is 0 Å². The van der Waals surface area contributed by atoms with Gasteiger partial charge in [0.25, 0.3) is 0 Å². The Hall–Kier alpha value is 0.0951. The van der Waals surface area contributed by atoms with Crippen molar-refractivity contribution in [1.82, 2.24) is 0 Å². The van der Waals surface area contributed by atoms with Crippen molar-refractivity contribution in [2.24, 2.45) is 0 Å². The zero-order valence-corrected chi connectivity index (χ0v) is 42.3. The standard InChI is InChI=1S/C37H76O2Si8/c1-18-27-44(10,11)38-45(12,13)31-29-42(6,7)36-23-25-37(26-24-36)43(8,9)30-33-47(16,17)39-46(14,15)32-28-41(4,5)35-21-19-34(20-22-35)40(2)3/h19-26,40H,18,27-33H2,1-17H3. The summed E-state index contributed by atoms with van der Waals surface area (Å²) in [5, 5.41) is 6.45.